The summed E-state index contributed by atoms with van der Waals surface area (Å²) in [7, 11) is 0. The van der Waals surface area contributed by atoms with E-state index >= 15 is 0 Å². The van der Waals surface area contributed by atoms with E-state index in [1.165, 1.54) is 0 Å². The van der Waals surface area contributed by atoms with E-state index in [4.69, 9.17) is 14.2 Å². The molecule has 3 aromatic rings. The number of benzene rings is 3. The highest BCUT2D eigenvalue weighted by Crippen LogP contribution is 2.29. The maximum absolute atomic E-state index is 12.7. The third kappa shape index (κ3) is 7.88. The molecule has 0 unspecified atom stereocenters. The number of hydrogen-bond acceptors (Lipinski definition) is 5. The molecular weight excluding hydrogens is 442 g/mol. The van der Waals surface area contributed by atoms with Crippen molar-refractivity contribution in [1.29, 1.82) is 0 Å². The van der Waals surface area contributed by atoms with Gasteiger partial charge in [-0.1, -0.05) is 72.8 Å². The molecule has 0 saturated heterocycles. The minimum absolute atomic E-state index is 0.556. The van der Waals surface area contributed by atoms with Gasteiger partial charge in [-0.25, -0.2) is 9.59 Å². The molecule has 1 N–H and O–H groups in total. The van der Waals surface area contributed by atoms with Gasteiger partial charge in [0, 0.05) is 0 Å². The maximum Gasteiger partial charge on any atom is 0.408 e. The van der Waals surface area contributed by atoms with Crippen LogP contribution in [0.3, 0.4) is 0 Å². The molecule has 0 spiro atoms. The van der Waals surface area contributed by atoms with Crippen LogP contribution in [0.1, 0.15) is 46.3 Å². The van der Waals surface area contributed by atoms with Gasteiger partial charge in [0.15, 0.2) is 6.10 Å². The molecule has 0 radical (unpaired) electrons. The van der Waals surface area contributed by atoms with Crippen molar-refractivity contribution in [3.63, 3.8) is 0 Å². The molecule has 3 rings (SSSR count). The molecule has 184 valence electrons. The first-order valence-electron chi connectivity index (χ1n) is 11.7. The van der Waals surface area contributed by atoms with E-state index in [9.17, 15) is 9.59 Å². The average Bonchev–Trinajstić information content (AvgIpc) is 2.82. The van der Waals surface area contributed by atoms with Crippen molar-refractivity contribution in [3.8, 4) is 16.9 Å². The molecule has 0 fully saturated rings. The van der Waals surface area contributed by atoms with Gasteiger partial charge in [-0.05, 0) is 63.4 Å². The Hall–Kier alpha value is -3.80. The van der Waals surface area contributed by atoms with Gasteiger partial charge in [0.2, 0.25) is 0 Å². The summed E-state index contributed by atoms with van der Waals surface area (Å²) in [6, 6.07) is 26.6. The summed E-state index contributed by atoms with van der Waals surface area (Å²) in [6.45, 7) is 8.60. The van der Waals surface area contributed by atoms with E-state index < -0.39 is 35.9 Å². The third-order valence-corrected chi connectivity index (χ3v) is 5.17. The van der Waals surface area contributed by atoms with Crippen LogP contribution in [0.25, 0.3) is 11.1 Å². The highest BCUT2D eigenvalue weighted by molar-refractivity contribution is 5.81. The molecule has 1 amide bonds. The van der Waals surface area contributed by atoms with Gasteiger partial charge in [0.25, 0.3) is 0 Å². The van der Waals surface area contributed by atoms with Gasteiger partial charge < -0.3 is 19.5 Å². The van der Waals surface area contributed by atoms with Crippen molar-refractivity contribution in [1.82, 2.24) is 5.32 Å². The number of carbonyl (C=O) groups excluding carboxylic acids is 2. The standard InChI is InChI=1S/C29H33NO5/c1-20(30-28(32)35-29(3,4)5)27(31)33-21(2)26(34-25-14-10-7-11-15-25)24-18-16-23(17-19-24)22-12-8-6-9-13-22/h6-21,26H,1-5H3,(H,30,32)/t20-,21-,26-/m0/s1. The van der Waals surface area contributed by atoms with Crippen LogP contribution in [0.2, 0.25) is 0 Å². The normalized spacial score (nSPS) is 13.7. The molecule has 0 heterocycles. The number of esters is 1. The van der Waals surface area contributed by atoms with Crippen LogP contribution in [-0.2, 0) is 14.3 Å². The van der Waals surface area contributed by atoms with Crippen molar-refractivity contribution in [2.75, 3.05) is 0 Å². The van der Waals surface area contributed by atoms with Crippen LogP contribution in [0, 0.1) is 0 Å². The molecule has 0 aliphatic carbocycles. The van der Waals surface area contributed by atoms with Crippen LogP contribution in [0.4, 0.5) is 4.79 Å². The summed E-state index contributed by atoms with van der Waals surface area (Å²) in [5.74, 6) is 0.0818. The molecule has 0 aromatic heterocycles. The van der Waals surface area contributed by atoms with Gasteiger partial charge in [-0.2, -0.15) is 0 Å². The predicted molar refractivity (Wildman–Crippen MR) is 136 cm³/mol. The van der Waals surface area contributed by atoms with Crippen LogP contribution in [-0.4, -0.2) is 29.8 Å². The molecule has 6 heteroatoms. The fourth-order valence-corrected chi connectivity index (χ4v) is 3.47. The summed E-state index contributed by atoms with van der Waals surface area (Å²) in [5, 5.41) is 2.52. The van der Waals surface area contributed by atoms with Crippen LogP contribution < -0.4 is 10.1 Å². The fraction of sp³-hybridized carbons (Fsp3) is 0.310. The van der Waals surface area contributed by atoms with Crippen LogP contribution in [0.5, 0.6) is 5.75 Å². The number of alkyl carbamates (subject to hydrolysis) is 1. The monoisotopic (exact) mass is 475 g/mol. The molecule has 3 atom stereocenters. The average molecular weight is 476 g/mol. The van der Waals surface area contributed by atoms with Gasteiger partial charge in [0.1, 0.15) is 23.5 Å². The SMILES string of the molecule is C[C@H](NC(=O)OC(C)(C)C)C(=O)O[C@@H](C)[C@H](Oc1ccccc1)c1ccc(-c2ccccc2)cc1. The zero-order valence-corrected chi connectivity index (χ0v) is 20.9. The lowest BCUT2D eigenvalue weighted by atomic mass is 10.00. The second kappa shape index (κ2) is 11.6. The second-order valence-corrected chi connectivity index (χ2v) is 9.35. The van der Waals surface area contributed by atoms with Crippen molar-refractivity contribution in [3.05, 3.63) is 90.5 Å². The number of hydrogen-bond donors (Lipinski definition) is 1. The number of amides is 1. The number of rotatable bonds is 8. The number of carbonyl (C=O) groups is 2. The Morgan fingerprint density at radius 3 is 1.89 bits per heavy atom. The molecule has 0 saturated carbocycles. The Morgan fingerprint density at radius 2 is 1.31 bits per heavy atom. The van der Waals surface area contributed by atoms with Crippen molar-refractivity contribution >= 4 is 12.1 Å². The van der Waals surface area contributed by atoms with E-state index in [0.29, 0.717) is 5.75 Å². The Labute approximate surface area is 207 Å². The Morgan fingerprint density at radius 1 is 0.771 bits per heavy atom. The number of nitrogens with one attached hydrogen (secondary N) is 1. The molecule has 0 bridgehead atoms. The first kappa shape index (κ1) is 25.8. The Kier molecular flexibility index (Phi) is 8.53. The van der Waals surface area contributed by atoms with Crippen molar-refractivity contribution < 1.29 is 23.8 Å². The summed E-state index contributed by atoms with van der Waals surface area (Å²) >= 11 is 0. The number of ether oxygens (including phenoxy) is 3. The third-order valence-electron chi connectivity index (χ3n) is 5.17. The zero-order chi connectivity index (χ0) is 25.4. The predicted octanol–water partition coefficient (Wildman–Crippen LogP) is 6.32. The van der Waals surface area contributed by atoms with E-state index in [0.717, 1.165) is 16.7 Å². The fourth-order valence-electron chi connectivity index (χ4n) is 3.47. The van der Waals surface area contributed by atoms with E-state index in [2.05, 4.69) is 17.4 Å². The largest absolute Gasteiger partial charge is 0.482 e. The van der Waals surface area contributed by atoms with E-state index in [1.807, 2.05) is 72.8 Å². The van der Waals surface area contributed by atoms with Crippen molar-refractivity contribution in [2.24, 2.45) is 0 Å². The highest BCUT2D eigenvalue weighted by Gasteiger charge is 2.28. The highest BCUT2D eigenvalue weighted by atomic mass is 16.6. The summed E-state index contributed by atoms with van der Waals surface area (Å²) in [6.07, 6.45) is -1.86. The Bertz CT molecular complexity index is 1090. The van der Waals surface area contributed by atoms with E-state index in [-0.39, 0.29) is 0 Å². The number of para-hydroxylation sites is 1. The minimum Gasteiger partial charge on any atom is -0.482 e. The molecule has 0 aliphatic heterocycles. The van der Waals surface area contributed by atoms with Crippen LogP contribution >= 0.6 is 0 Å². The smallest absolute Gasteiger partial charge is 0.408 e. The summed E-state index contributed by atoms with van der Waals surface area (Å²) in [5.41, 5.74) is 2.39. The summed E-state index contributed by atoms with van der Waals surface area (Å²) < 4.78 is 17.2. The molecule has 35 heavy (non-hydrogen) atoms. The second-order valence-electron chi connectivity index (χ2n) is 9.35. The van der Waals surface area contributed by atoms with Gasteiger partial charge in [-0.3, -0.25) is 0 Å². The lowest BCUT2D eigenvalue weighted by Crippen LogP contribution is -2.43. The summed E-state index contributed by atoms with van der Waals surface area (Å²) in [4.78, 5) is 24.8. The van der Waals surface area contributed by atoms with Gasteiger partial charge >= 0.3 is 12.1 Å². The molecular formula is C29H33NO5. The Balaban J connectivity index is 1.75. The zero-order valence-electron chi connectivity index (χ0n) is 20.9. The maximum atomic E-state index is 12.7. The molecule has 0 aliphatic rings. The lowest BCUT2D eigenvalue weighted by Gasteiger charge is -2.27. The van der Waals surface area contributed by atoms with Crippen LogP contribution in [0.15, 0.2) is 84.9 Å². The minimum atomic E-state index is -0.884. The van der Waals surface area contributed by atoms with Gasteiger partial charge in [0.05, 0.1) is 0 Å². The lowest BCUT2D eigenvalue weighted by molar-refractivity contribution is -0.155. The first-order valence-corrected chi connectivity index (χ1v) is 11.7. The molecule has 3 aromatic carbocycles. The van der Waals surface area contributed by atoms with Crippen molar-refractivity contribution in [2.45, 2.75) is 58.5 Å². The first-order chi connectivity index (χ1) is 16.6. The topological polar surface area (TPSA) is 73.9 Å². The quantitative estimate of drug-likeness (QED) is 0.386. The molecule has 6 nitrogen and oxygen atoms in total. The van der Waals surface area contributed by atoms with E-state index in [1.54, 1.807) is 34.6 Å². The van der Waals surface area contributed by atoms with Gasteiger partial charge in [-0.15, -0.1) is 0 Å².